The monoisotopic (exact) mass is 326 g/mol. The lowest BCUT2D eigenvalue weighted by molar-refractivity contribution is 0.0638. The van der Waals surface area contributed by atoms with Gasteiger partial charge in [-0.05, 0) is 48.2 Å². The minimum atomic E-state index is 0.271. The molecule has 2 aliphatic heterocycles. The number of methoxy groups -OCH3 is 1. The van der Waals surface area contributed by atoms with Gasteiger partial charge in [-0.1, -0.05) is 6.07 Å². The van der Waals surface area contributed by atoms with Crippen molar-refractivity contribution in [2.75, 3.05) is 20.4 Å². The molecule has 4 rings (SSSR count). The van der Waals surface area contributed by atoms with Gasteiger partial charge in [-0.15, -0.1) is 0 Å². The lowest BCUT2D eigenvalue weighted by Crippen LogP contribution is -2.37. The summed E-state index contributed by atoms with van der Waals surface area (Å²) in [4.78, 5) is 6.61. The van der Waals surface area contributed by atoms with Crippen LogP contribution in [0, 0.1) is 0 Å². The third-order valence-electron chi connectivity index (χ3n) is 4.92. The number of likely N-dealkylation sites (tertiary alicyclic amines) is 1. The first kappa shape index (κ1) is 15.4. The molecule has 1 aromatic heterocycles. The highest BCUT2D eigenvalue weighted by Gasteiger charge is 2.34. The first-order valence-corrected chi connectivity index (χ1v) is 8.38. The molecule has 2 atom stereocenters. The van der Waals surface area contributed by atoms with E-state index in [-0.39, 0.29) is 6.10 Å². The summed E-state index contributed by atoms with van der Waals surface area (Å²) < 4.78 is 16.6. The minimum Gasteiger partial charge on any atom is -0.454 e. The van der Waals surface area contributed by atoms with Crippen LogP contribution in [-0.2, 0) is 17.7 Å². The van der Waals surface area contributed by atoms with Crippen LogP contribution < -0.4 is 9.47 Å². The molecule has 126 valence electrons. The van der Waals surface area contributed by atoms with Gasteiger partial charge in [0.2, 0.25) is 6.79 Å². The highest BCUT2D eigenvalue weighted by atomic mass is 16.7. The molecule has 2 aromatic rings. The third-order valence-corrected chi connectivity index (χ3v) is 4.92. The van der Waals surface area contributed by atoms with Gasteiger partial charge in [0.25, 0.3) is 0 Å². The molecule has 0 bridgehead atoms. The highest BCUT2D eigenvalue weighted by Crippen LogP contribution is 2.34. The van der Waals surface area contributed by atoms with Crippen LogP contribution in [0.3, 0.4) is 0 Å². The van der Waals surface area contributed by atoms with Crippen LogP contribution in [0.1, 0.15) is 17.5 Å². The lowest BCUT2D eigenvalue weighted by Gasteiger charge is -2.27. The second-order valence-corrected chi connectivity index (χ2v) is 6.35. The predicted molar refractivity (Wildman–Crippen MR) is 90.1 cm³/mol. The highest BCUT2D eigenvalue weighted by molar-refractivity contribution is 5.44. The van der Waals surface area contributed by atoms with E-state index in [1.54, 1.807) is 0 Å². The van der Waals surface area contributed by atoms with Crippen LogP contribution in [0.25, 0.3) is 0 Å². The predicted octanol–water partition coefficient (Wildman–Crippen LogP) is 2.64. The number of ether oxygens (including phenoxy) is 3. The van der Waals surface area contributed by atoms with Crippen LogP contribution in [0.2, 0.25) is 0 Å². The number of nitrogens with zero attached hydrogens (tertiary/aromatic N) is 2. The summed E-state index contributed by atoms with van der Waals surface area (Å²) in [6.07, 6.45) is 6.03. The molecule has 2 aliphatic rings. The van der Waals surface area contributed by atoms with Crippen LogP contribution in [0.5, 0.6) is 11.5 Å². The standard InChI is InChI=1S/C19H22N2O3/c1-22-17-6-9-21(16(17)10-14-4-7-20-8-5-14)12-15-2-3-18-19(11-15)24-13-23-18/h2-5,7-8,11,16-17H,6,9-10,12-13H2,1H3/t16-,17-/m1/s1. The van der Waals surface area contributed by atoms with E-state index in [2.05, 4.69) is 34.1 Å². The topological polar surface area (TPSA) is 43.8 Å². The van der Waals surface area contributed by atoms with Crippen molar-refractivity contribution in [1.29, 1.82) is 0 Å². The Balaban J connectivity index is 1.50. The van der Waals surface area contributed by atoms with Gasteiger partial charge in [-0.25, -0.2) is 0 Å². The van der Waals surface area contributed by atoms with Gasteiger partial charge >= 0.3 is 0 Å². The molecule has 5 nitrogen and oxygen atoms in total. The van der Waals surface area contributed by atoms with E-state index < -0.39 is 0 Å². The lowest BCUT2D eigenvalue weighted by atomic mass is 10.0. The molecular formula is C19H22N2O3. The summed E-state index contributed by atoms with van der Waals surface area (Å²) in [5, 5.41) is 0. The number of pyridine rings is 1. The van der Waals surface area contributed by atoms with Crippen LogP contribution in [-0.4, -0.2) is 42.5 Å². The van der Waals surface area contributed by atoms with Crippen molar-refractivity contribution in [3.05, 3.63) is 53.9 Å². The molecule has 5 heteroatoms. The molecule has 24 heavy (non-hydrogen) atoms. The average molecular weight is 326 g/mol. The second kappa shape index (κ2) is 6.79. The SMILES string of the molecule is CO[C@@H]1CCN(Cc2ccc3c(c2)OCO3)[C@@H]1Cc1ccncc1. The molecule has 3 heterocycles. The summed E-state index contributed by atoms with van der Waals surface area (Å²) in [6, 6.07) is 10.8. The fraction of sp³-hybridized carbons (Fsp3) is 0.421. The van der Waals surface area contributed by atoms with Crippen LogP contribution >= 0.6 is 0 Å². The maximum Gasteiger partial charge on any atom is 0.231 e. The zero-order valence-electron chi connectivity index (χ0n) is 13.9. The Morgan fingerprint density at radius 2 is 1.96 bits per heavy atom. The molecule has 1 fully saturated rings. The Bertz CT molecular complexity index is 692. The van der Waals surface area contributed by atoms with Crippen molar-refractivity contribution in [1.82, 2.24) is 9.88 Å². The number of hydrogen-bond donors (Lipinski definition) is 0. The zero-order valence-corrected chi connectivity index (χ0v) is 13.9. The Hall–Kier alpha value is -2.11. The van der Waals surface area contributed by atoms with E-state index in [4.69, 9.17) is 14.2 Å². The fourth-order valence-electron chi connectivity index (χ4n) is 3.65. The molecule has 0 radical (unpaired) electrons. The summed E-state index contributed by atoms with van der Waals surface area (Å²) in [7, 11) is 1.81. The maximum atomic E-state index is 5.74. The minimum absolute atomic E-state index is 0.271. The molecule has 0 saturated carbocycles. The Morgan fingerprint density at radius 3 is 2.79 bits per heavy atom. The molecule has 0 unspecified atom stereocenters. The average Bonchev–Trinajstić information content (AvgIpc) is 3.23. The molecule has 0 spiro atoms. The van der Waals surface area contributed by atoms with Gasteiger partial charge in [-0.3, -0.25) is 9.88 Å². The van der Waals surface area contributed by atoms with Gasteiger partial charge in [0.15, 0.2) is 11.5 Å². The number of benzene rings is 1. The Kier molecular flexibility index (Phi) is 4.36. The number of hydrogen-bond acceptors (Lipinski definition) is 5. The molecule has 0 aliphatic carbocycles. The van der Waals surface area contributed by atoms with Crippen LogP contribution in [0.4, 0.5) is 0 Å². The third kappa shape index (κ3) is 3.09. The Morgan fingerprint density at radius 1 is 1.12 bits per heavy atom. The van der Waals surface area contributed by atoms with Gasteiger partial charge in [-0.2, -0.15) is 0 Å². The van der Waals surface area contributed by atoms with Crippen LogP contribution in [0.15, 0.2) is 42.7 Å². The normalized spacial score (nSPS) is 22.9. The zero-order chi connectivity index (χ0) is 16.4. The van der Waals surface area contributed by atoms with E-state index in [1.165, 1.54) is 11.1 Å². The maximum absolute atomic E-state index is 5.74. The molecule has 0 amide bonds. The van der Waals surface area contributed by atoms with Crippen molar-refractivity contribution in [3.63, 3.8) is 0 Å². The first-order chi connectivity index (χ1) is 11.8. The number of rotatable bonds is 5. The molecule has 1 aromatic carbocycles. The fourth-order valence-corrected chi connectivity index (χ4v) is 3.65. The summed E-state index contributed by atoms with van der Waals surface area (Å²) in [6.45, 7) is 2.26. The van der Waals surface area contributed by atoms with Crippen molar-refractivity contribution in [2.24, 2.45) is 0 Å². The van der Waals surface area contributed by atoms with E-state index >= 15 is 0 Å². The largest absolute Gasteiger partial charge is 0.454 e. The summed E-state index contributed by atoms with van der Waals surface area (Å²) in [5.74, 6) is 1.68. The van der Waals surface area contributed by atoms with Gasteiger partial charge < -0.3 is 14.2 Å². The van der Waals surface area contributed by atoms with Gasteiger partial charge in [0.1, 0.15) is 0 Å². The number of aromatic nitrogens is 1. The van der Waals surface area contributed by atoms with Crippen molar-refractivity contribution in [2.45, 2.75) is 31.5 Å². The molecule has 0 N–H and O–H groups in total. The molecule has 1 saturated heterocycles. The smallest absolute Gasteiger partial charge is 0.231 e. The van der Waals surface area contributed by atoms with E-state index in [0.29, 0.717) is 12.8 Å². The summed E-state index contributed by atoms with van der Waals surface area (Å²) in [5.41, 5.74) is 2.55. The quantitative estimate of drug-likeness (QED) is 0.845. The van der Waals surface area contributed by atoms with E-state index in [1.807, 2.05) is 25.6 Å². The van der Waals surface area contributed by atoms with Crippen molar-refractivity contribution >= 4 is 0 Å². The molecular weight excluding hydrogens is 304 g/mol. The van der Waals surface area contributed by atoms with Crippen molar-refractivity contribution < 1.29 is 14.2 Å². The first-order valence-electron chi connectivity index (χ1n) is 8.38. The van der Waals surface area contributed by atoms with E-state index in [0.717, 1.165) is 37.4 Å². The van der Waals surface area contributed by atoms with Gasteiger partial charge in [0.05, 0.1) is 6.10 Å². The summed E-state index contributed by atoms with van der Waals surface area (Å²) >= 11 is 0. The second-order valence-electron chi connectivity index (χ2n) is 6.35. The van der Waals surface area contributed by atoms with Gasteiger partial charge in [0, 0.05) is 38.6 Å². The van der Waals surface area contributed by atoms with E-state index in [9.17, 15) is 0 Å². The number of fused-ring (bicyclic) bond motifs is 1. The van der Waals surface area contributed by atoms with Crippen molar-refractivity contribution in [3.8, 4) is 11.5 Å². The Labute approximate surface area is 142 Å².